The third-order valence-electron chi connectivity index (χ3n) is 12.4. The van der Waals surface area contributed by atoms with Crippen molar-refractivity contribution in [2.75, 3.05) is 13.1 Å². The lowest BCUT2D eigenvalue weighted by molar-refractivity contribution is -0.143. The summed E-state index contributed by atoms with van der Waals surface area (Å²) >= 11 is 0. The number of carboxylic acid groups (broad SMARTS) is 4. The maximum Gasteiger partial charge on any atom is 0.326 e. The summed E-state index contributed by atoms with van der Waals surface area (Å²) in [6.45, 7) is 14.6. The number of rotatable bonds is 35. The minimum atomic E-state index is -1.87. The van der Waals surface area contributed by atoms with E-state index in [1.165, 1.54) is 13.8 Å². The van der Waals surface area contributed by atoms with E-state index in [-0.39, 0.29) is 43.4 Å². The molecule has 75 heavy (non-hydrogen) atoms. The van der Waals surface area contributed by atoms with Gasteiger partial charge in [0.1, 0.15) is 48.3 Å². The summed E-state index contributed by atoms with van der Waals surface area (Å²) < 4.78 is 0. The van der Waals surface area contributed by atoms with Gasteiger partial charge in [0.25, 0.3) is 0 Å². The predicted octanol–water partition coefficient (Wildman–Crippen LogP) is -1.77. The van der Waals surface area contributed by atoms with Crippen LogP contribution in [-0.4, -0.2) is 165 Å². The molecule has 1 saturated heterocycles. The average molecular weight is 1070 g/mol. The smallest absolute Gasteiger partial charge is 0.326 e. The van der Waals surface area contributed by atoms with E-state index in [1.807, 2.05) is 13.8 Å². The molecule has 424 valence electrons. The molecule has 27 nitrogen and oxygen atoms in total. The molecule has 0 aromatic carbocycles. The molecule has 14 N–H and O–H groups in total. The zero-order valence-corrected chi connectivity index (χ0v) is 44.3. The van der Waals surface area contributed by atoms with E-state index in [2.05, 4.69) is 53.2 Å². The van der Waals surface area contributed by atoms with Gasteiger partial charge < -0.3 is 73.6 Å². The highest BCUT2D eigenvalue weighted by atomic mass is 16.4. The SMILES string of the molecule is CC[C@H](C)[C@H](NC(=O)CNC(=O)[C@H](CC(=O)O)NC(=O)[C@@H](NC(=O)[C@H](CCC(=O)O)NC(=O)[C@H](C)NC(=O)[C@H](CC(C)C)NC(=O)[C@@H]1CCCN1)[C@@H](C)CC)C(=O)N[C@@H](CCC(=O)O)C(=O)N[C@@H](CC(C)C)C(=O)O. The van der Waals surface area contributed by atoms with Crippen molar-refractivity contribution in [3.05, 3.63) is 0 Å². The number of aliphatic carboxylic acids is 4. The van der Waals surface area contributed by atoms with Crippen LogP contribution in [-0.2, 0) is 62.3 Å². The first-order chi connectivity index (χ1) is 35.0. The first kappa shape index (κ1) is 66.1. The van der Waals surface area contributed by atoms with Gasteiger partial charge in [-0.3, -0.25) is 57.5 Å². The van der Waals surface area contributed by atoms with Crippen LogP contribution >= 0.6 is 0 Å². The lowest BCUT2D eigenvalue weighted by Gasteiger charge is -2.29. The summed E-state index contributed by atoms with van der Waals surface area (Å²) in [6, 6.07) is -12.1. The standard InChI is InChI=1S/C48H80N10O17/c1-10-25(7)38(46(72)53-29(14-16-35(60)61)43(69)56-33(48(74)75)20-24(5)6)57-34(59)22-50-41(67)32(21-37(64)65)55-47(73)39(26(8)11-2)58-44(70)30(15-17-36(62)63)52-40(66)27(9)51-45(71)31(19-23(3)4)54-42(68)28-13-12-18-49-28/h23-33,38-39,49H,10-22H2,1-9H3,(H,50,67)(H,51,71)(H,52,66)(H,53,72)(H,54,68)(H,55,73)(H,56,69)(H,57,59)(H,58,70)(H,60,61)(H,62,63)(H,64,65)(H,74,75)/t25-,26-,27-,28-,29-,30-,31-,32-,33-,38-,39-/m0/s1. The summed E-state index contributed by atoms with van der Waals surface area (Å²) in [5, 5.41) is 62.8. The van der Waals surface area contributed by atoms with Crippen LogP contribution in [0.2, 0.25) is 0 Å². The van der Waals surface area contributed by atoms with Gasteiger partial charge in [0.15, 0.2) is 0 Å². The third kappa shape index (κ3) is 24.8. The van der Waals surface area contributed by atoms with Gasteiger partial charge in [-0.25, -0.2) is 4.79 Å². The highest BCUT2D eigenvalue weighted by Crippen LogP contribution is 2.14. The zero-order valence-electron chi connectivity index (χ0n) is 44.3. The van der Waals surface area contributed by atoms with E-state index >= 15 is 0 Å². The molecule has 0 aromatic rings. The van der Waals surface area contributed by atoms with Crippen molar-refractivity contribution >= 4 is 77.0 Å². The molecule has 0 aromatic heterocycles. The quantitative estimate of drug-likeness (QED) is 0.0334. The van der Waals surface area contributed by atoms with Gasteiger partial charge in [0.2, 0.25) is 53.2 Å². The molecular weight excluding hydrogens is 989 g/mol. The Morgan fingerprint density at radius 2 is 0.947 bits per heavy atom. The van der Waals surface area contributed by atoms with E-state index < -0.39 is 176 Å². The van der Waals surface area contributed by atoms with Gasteiger partial charge in [-0.05, 0) is 75.7 Å². The Morgan fingerprint density at radius 3 is 1.40 bits per heavy atom. The summed E-state index contributed by atoms with van der Waals surface area (Å²) in [5.41, 5.74) is 0. The number of amides is 9. The molecule has 0 radical (unpaired) electrons. The molecule has 9 amide bonds. The van der Waals surface area contributed by atoms with Crippen molar-refractivity contribution in [2.24, 2.45) is 23.7 Å². The van der Waals surface area contributed by atoms with Crippen LogP contribution in [0, 0.1) is 23.7 Å². The monoisotopic (exact) mass is 1070 g/mol. The lowest BCUT2D eigenvalue weighted by atomic mass is 9.96. The average Bonchev–Trinajstić information content (AvgIpc) is 3.88. The Labute approximate surface area is 436 Å². The molecule has 0 bridgehead atoms. The van der Waals surface area contributed by atoms with Crippen LogP contribution in [0.4, 0.5) is 0 Å². The largest absolute Gasteiger partial charge is 0.481 e. The molecule has 1 aliphatic rings. The van der Waals surface area contributed by atoms with Gasteiger partial charge in [-0.1, -0.05) is 68.2 Å². The second kappa shape index (κ2) is 33.1. The summed E-state index contributed by atoms with van der Waals surface area (Å²) in [4.78, 5) is 168. The van der Waals surface area contributed by atoms with E-state index in [1.54, 1.807) is 34.6 Å². The molecular formula is C48H80N10O17. The van der Waals surface area contributed by atoms with Crippen LogP contribution in [0.25, 0.3) is 0 Å². The number of hydrogen-bond donors (Lipinski definition) is 14. The summed E-state index contributed by atoms with van der Waals surface area (Å²) in [6.07, 6.45) is -1.09. The zero-order chi connectivity index (χ0) is 57.3. The first-order valence-electron chi connectivity index (χ1n) is 25.3. The lowest BCUT2D eigenvalue weighted by Crippen LogP contribution is -2.60. The predicted molar refractivity (Wildman–Crippen MR) is 267 cm³/mol. The highest BCUT2D eigenvalue weighted by Gasteiger charge is 2.36. The van der Waals surface area contributed by atoms with Gasteiger partial charge in [-0.2, -0.15) is 0 Å². The Bertz CT molecular complexity index is 2030. The van der Waals surface area contributed by atoms with E-state index in [0.717, 1.165) is 6.42 Å². The molecule has 27 heteroatoms. The molecule has 0 spiro atoms. The summed E-state index contributed by atoms with van der Waals surface area (Å²) in [5.74, 6) is -15.4. The van der Waals surface area contributed by atoms with Crippen molar-refractivity contribution in [3.63, 3.8) is 0 Å². The summed E-state index contributed by atoms with van der Waals surface area (Å²) in [7, 11) is 0. The molecule has 0 unspecified atom stereocenters. The van der Waals surface area contributed by atoms with Crippen molar-refractivity contribution < 1.29 is 82.8 Å². The molecule has 1 fully saturated rings. The number of carboxylic acids is 4. The molecule has 1 rings (SSSR count). The van der Waals surface area contributed by atoms with Crippen LogP contribution in [0.3, 0.4) is 0 Å². The second-order valence-corrected chi connectivity index (χ2v) is 19.8. The molecule has 0 saturated carbocycles. The van der Waals surface area contributed by atoms with Crippen LogP contribution in [0.5, 0.6) is 0 Å². The topological polar surface area (TPSA) is 423 Å². The normalized spacial score (nSPS) is 17.1. The number of nitrogens with one attached hydrogen (secondary N) is 10. The fourth-order valence-corrected chi connectivity index (χ4v) is 7.68. The number of carbonyl (C=O) groups is 13. The molecule has 11 atom stereocenters. The Balaban J connectivity index is 3.24. The number of carbonyl (C=O) groups excluding carboxylic acids is 9. The fraction of sp³-hybridized carbons (Fsp3) is 0.729. The highest BCUT2D eigenvalue weighted by molar-refractivity contribution is 5.99. The van der Waals surface area contributed by atoms with E-state index in [4.69, 9.17) is 0 Å². The van der Waals surface area contributed by atoms with Crippen LogP contribution < -0.4 is 53.2 Å². The first-order valence-corrected chi connectivity index (χ1v) is 25.3. The second-order valence-electron chi connectivity index (χ2n) is 19.8. The molecule has 1 aliphatic heterocycles. The maximum absolute atomic E-state index is 13.9. The third-order valence-corrected chi connectivity index (χ3v) is 12.4. The van der Waals surface area contributed by atoms with Gasteiger partial charge in [0.05, 0.1) is 19.0 Å². The molecule has 1 heterocycles. The van der Waals surface area contributed by atoms with Crippen LogP contribution in [0.1, 0.15) is 133 Å². The Morgan fingerprint density at radius 1 is 0.493 bits per heavy atom. The fourth-order valence-electron chi connectivity index (χ4n) is 7.68. The van der Waals surface area contributed by atoms with E-state index in [9.17, 15) is 82.8 Å². The Hall–Kier alpha value is -6.93. The minimum absolute atomic E-state index is 0.0226. The van der Waals surface area contributed by atoms with Crippen LogP contribution in [0.15, 0.2) is 0 Å². The van der Waals surface area contributed by atoms with Crippen molar-refractivity contribution in [3.8, 4) is 0 Å². The number of hydrogen-bond acceptors (Lipinski definition) is 14. The van der Waals surface area contributed by atoms with Gasteiger partial charge in [0, 0.05) is 12.8 Å². The van der Waals surface area contributed by atoms with Gasteiger partial charge in [-0.15, -0.1) is 0 Å². The van der Waals surface area contributed by atoms with Crippen molar-refractivity contribution in [1.82, 2.24) is 53.2 Å². The Kier molecular flexibility index (Phi) is 29.2. The van der Waals surface area contributed by atoms with Crippen molar-refractivity contribution in [2.45, 2.75) is 187 Å². The van der Waals surface area contributed by atoms with E-state index in [0.29, 0.717) is 13.0 Å². The maximum atomic E-state index is 13.9. The van der Waals surface area contributed by atoms with Gasteiger partial charge >= 0.3 is 23.9 Å². The minimum Gasteiger partial charge on any atom is -0.481 e. The van der Waals surface area contributed by atoms with Crippen molar-refractivity contribution in [1.29, 1.82) is 0 Å². The molecule has 0 aliphatic carbocycles.